The minimum absolute atomic E-state index is 0.996. The topological polar surface area (TPSA) is 3.24 Å². The minimum atomic E-state index is 0.996. The lowest BCUT2D eigenvalue weighted by Crippen LogP contribution is -2.21. The molecule has 1 aliphatic rings. The summed E-state index contributed by atoms with van der Waals surface area (Å²) in [4.78, 5) is 2.40. The van der Waals surface area contributed by atoms with E-state index in [1.54, 1.807) is 0 Å². The van der Waals surface area contributed by atoms with E-state index in [1.165, 1.54) is 43.5 Å². The fraction of sp³-hybridized carbons (Fsp3) is 0.571. The van der Waals surface area contributed by atoms with Gasteiger partial charge in [0.2, 0.25) is 0 Å². The van der Waals surface area contributed by atoms with Crippen molar-refractivity contribution in [2.75, 3.05) is 13.6 Å². The summed E-state index contributed by atoms with van der Waals surface area (Å²) in [5, 5.41) is 0. The lowest BCUT2D eigenvalue weighted by molar-refractivity contribution is 0.378. The molecule has 0 unspecified atom stereocenters. The quantitative estimate of drug-likeness (QED) is 0.632. The van der Waals surface area contributed by atoms with Crippen molar-refractivity contribution >= 4 is 0 Å². The van der Waals surface area contributed by atoms with Crippen molar-refractivity contribution in [2.24, 2.45) is 0 Å². The molecule has 0 atom stereocenters. The van der Waals surface area contributed by atoms with Crippen LogP contribution in [0.3, 0.4) is 0 Å². The highest BCUT2D eigenvalue weighted by atomic mass is 15.1. The van der Waals surface area contributed by atoms with E-state index in [4.69, 9.17) is 0 Å². The van der Waals surface area contributed by atoms with Crippen LogP contribution in [0.15, 0.2) is 36.1 Å². The molecule has 0 saturated carbocycles. The average Bonchev–Trinajstić information content (AvgIpc) is 2.22. The Kier molecular flexibility index (Phi) is 5.23. The van der Waals surface area contributed by atoms with E-state index < -0.39 is 0 Å². The molecular formula is C14H23N. The van der Waals surface area contributed by atoms with Crippen LogP contribution >= 0.6 is 0 Å². The van der Waals surface area contributed by atoms with Gasteiger partial charge in [-0.15, -0.1) is 6.58 Å². The fourth-order valence-electron chi connectivity index (χ4n) is 2.17. The third-order valence-corrected chi connectivity index (χ3v) is 2.98. The lowest BCUT2D eigenvalue weighted by atomic mass is 10.00. The van der Waals surface area contributed by atoms with Crippen LogP contribution in [0.2, 0.25) is 0 Å². The molecule has 0 bridgehead atoms. The Bertz CT molecular complexity index is 261. The zero-order valence-corrected chi connectivity index (χ0v) is 10.1. The van der Waals surface area contributed by atoms with Crippen molar-refractivity contribution in [3.8, 4) is 0 Å². The van der Waals surface area contributed by atoms with Gasteiger partial charge in [-0.1, -0.05) is 24.6 Å². The van der Waals surface area contributed by atoms with Gasteiger partial charge in [-0.3, -0.25) is 0 Å². The molecule has 0 amide bonds. The number of rotatable bonds is 3. The molecule has 84 valence electrons. The van der Waals surface area contributed by atoms with E-state index in [0.717, 1.165) is 6.42 Å². The molecule has 0 radical (unpaired) electrons. The molecule has 0 aromatic carbocycles. The molecule has 1 aliphatic heterocycles. The zero-order chi connectivity index (χ0) is 11.1. The van der Waals surface area contributed by atoms with Crippen LogP contribution in [-0.2, 0) is 0 Å². The summed E-state index contributed by atoms with van der Waals surface area (Å²) in [7, 11) is 2.20. The minimum Gasteiger partial charge on any atom is -0.377 e. The summed E-state index contributed by atoms with van der Waals surface area (Å²) in [6.07, 6.45) is 12.6. The molecular weight excluding hydrogens is 182 g/mol. The van der Waals surface area contributed by atoms with Crippen LogP contribution in [0.5, 0.6) is 0 Å². The predicted molar refractivity (Wildman–Crippen MR) is 67.8 cm³/mol. The van der Waals surface area contributed by atoms with Crippen molar-refractivity contribution < 1.29 is 0 Å². The SMILES string of the molecule is C=CC/C1=C(\C=C/C)CCCCCN1C. The fourth-order valence-corrected chi connectivity index (χ4v) is 2.17. The second kappa shape index (κ2) is 6.49. The van der Waals surface area contributed by atoms with Crippen LogP contribution in [0.1, 0.15) is 39.0 Å². The summed E-state index contributed by atoms with van der Waals surface area (Å²) < 4.78 is 0. The summed E-state index contributed by atoms with van der Waals surface area (Å²) in [6.45, 7) is 7.13. The molecule has 0 fully saturated rings. The second-order valence-electron chi connectivity index (χ2n) is 4.20. The highest BCUT2D eigenvalue weighted by molar-refractivity contribution is 5.26. The number of hydrogen-bond acceptors (Lipinski definition) is 1. The second-order valence-corrected chi connectivity index (χ2v) is 4.20. The Morgan fingerprint density at radius 1 is 1.33 bits per heavy atom. The van der Waals surface area contributed by atoms with E-state index in [9.17, 15) is 0 Å². The van der Waals surface area contributed by atoms with Crippen LogP contribution in [0, 0.1) is 0 Å². The summed E-state index contributed by atoms with van der Waals surface area (Å²) in [6, 6.07) is 0. The molecule has 15 heavy (non-hydrogen) atoms. The Labute approximate surface area is 94.2 Å². The standard InChI is InChI=1S/C14H23N/c1-4-9-13-11-7-6-8-12-15(3)14(13)10-5-2/h4-5,9H,2,6-8,10-12H2,1,3H3/b9-4-,14-13-. The maximum Gasteiger partial charge on any atom is 0.0201 e. The molecule has 1 heteroatoms. The van der Waals surface area contributed by atoms with Gasteiger partial charge in [0, 0.05) is 25.7 Å². The highest BCUT2D eigenvalue weighted by Crippen LogP contribution is 2.23. The number of nitrogens with zero attached hydrogens (tertiary/aromatic N) is 1. The van der Waals surface area contributed by atoms with E-state index in [1.807, 2.05) is 6.08 Å². The van der Waals surface area contributed by atoms with Crippen molar-refractivity contribution in [2.45, 2.75) is 39.0 Å². The van der Waals surface area contributed by atoms with Gasteiger partial charge in [0.1, 0.15) is 0 Å². The molecule has 0 N–H and O–H groups in total. The maximum absolute atomic E-state index is 3.85. The smallest absolute Gasteiger partial charge is 0.0201 e. The summed E-state index contributed by atoms with van der Waals surface area (Å²) in [5.74, 6) is 0. The molecule has 1 rings (SSSR count). The first-order valence-corrected chi connectivity index (χ1v) is 5.96. The third-order valence-electron chi connectivity index (χ3n) is 2.98. The Morgan fingerprint density at radius 2 is 2.13 bits per heavy atom. The van der Waals surface area contributed by atoms with Gasteiger partial charge in [-0.05, 0) is 31.8 Å². The molecule has 1 nitrogen and oxygen atoms in total. The van der Waals surface area contributed by atoms with Gasteiger partial charge in [0.05, 0.1) is 0 Å². The zero-order valence-electron chi connectivity index (χ0n) is 10.1. The molecule has 0 aliphatic carbocycles. The first kappa shape index (κ1) is 12.1. The van der Waals surface area contributed by atoms with Crippen molar-refractivity contribution in [3.63, 3.8) is 0 Å². The first-order valence-electron chi connectivity index (χ1n) is 5.96. The summed E-state index contributed by atoms with van der Waals surface area (Å²) >= 11 is 0. The van der Waals surface area contributed by atoms with E-state index >= 15 is 0 Å². The van der Waals surface area contributed by atoms with Gasteiger partial charge < -0.3 is 4.90 Å². The Hall–Kier alpha value is -0.980. The van der Waals surface area contributed by atoms with Crippen LogP contribution in [0.25, 0.3) is 0 Å². The van der Waals surface area contributed by atoms with E-state index in [-0.39, 0.29) is 0 Å². The molecule has 0 aromatic heterocycles. The molecule has 0 spiro atoms. The lowest BCUT2D eigenvalue weighted by Gasteiger charge is -2.27. The number of allylic oxidation sites excluding steroid dienone is 4. The molecule has 0 saturated heterocycles. The van der Waals surface area contributed by atoms with Crippen LogP contribution < -0.4 is 0 Å². The largest absolute Gasteiger partial charge is 0.377 e. The van der Waals surface area contributed by atoms with Crippen molar-refractivity contribution in [1.29, 1.82) is 0 Å². The average molecular weight is 205 g/mol. The van der Waals surface area contributed by atoms with Crippen LogP contribution in [0.4, 0.5) is 0 Å². The maximum atomic E-state index is 3.85. The Balaban J connectivity index is 2.94. The Morgan fingerprint density at radius 3 is 2.80 bits per heavy atom. The van der Waals surface area contributed by atoms with Crippen LogP contribution in [-0.4, -0.2) is 18.5 Å². The van der Waals surface area contributed by atoms with Crippen molar-refractivity contribution in [3.05, 3.63) is 36.1 Å². The summed E-state index contributed by atoms with van der Waals surface area (Å²) in [5.41, 5.74) is 2.96. The third kappa shape index (κ3) is 3.58. The van der Waals surface area contributed by atoms with E-state index in [0.29, 0.717) is 0 Å². The van der Waals surface area contributed by atoms with E-state index in [2.05, 4.69) is 37.6 Å². The monoisotopic (exact) mass is 205 g/mol. The molecule has 0 aromatic rings. The normalized spacial score (nSPS) is 24.0. The van der Waals surface area contributed by atoms with Gasteiger partial charge in [0.15, 0.2) is 0 Å². The van der Waals surface area contributed by atoms with Crippen molar-refractivity contribution in [1.82, 2.24) is 4.90 Å². The van der Waals surface area contributed by atoms with Gasteiger partial charge in [-0.25, -0.2) is 0 Å². The van der Waals surface area contributed by atoms with Gasteiger partial charge in [0.25, 0.3) is 0 Å². The molecule has 1 heterocycles. The predicted octanol–water partition coefficient (Wildman–Crippen LogP) is 3.90. The highest BCUT2D eigenvalue weighted by Gasteiger charge is 2.11. The van der Waals surface area contributed by atoms with Gasteiger partial charge >= 0.3 is 0 Å². The van der Waals surface area contributed by atoms with Gasteiger partial charge in [-0.2, -0.15) is 0 Å². The number of hydrogen-bond donors (Lipinski definition) is 0. The first-order chi connectivity index (χ1) is 7.29.